The highest BCUT2D eigenvalue weighted by atomic mass is 32.2. The van der Waals surface area contributed by atoms with Crippen molar-refractivity contribution in [1.29, 1.82) is 0 Å². The number of carbonyl (C=O) groups excluding carboxylic acids is 3. The van der Waals surface area contributed by atoms with E-state index >= 15 is 0 Å². The third-order valence-electron chi connectivity index (χ3n) is 8.08. The first kappa shape index (κ1) is 26.6. The standard InChI is InChI=1S/C28H27N3O7S2/c1-17-9-11-19(12-10-17)40(36,37)30-15-21-24-20(25(32)31(26(24)33)18-6-3-2-4-7-18)14-22(28(21,35)16-30)38-27(34)29-23-8-5-13-39-23/h2-13,20-22,24,35H,14-16H2,1H3,(H,29,34)/t20-,21-,22-,24-,28+/m0/s1. The summed E-state index contributed by atoms with van der Waals surface area (Å²) >= 11 is 1.28. The Morgan fingerprint density at radius 2 is 1.77 bits per heavy atom. The van der Waals surface area contributed by atoms with Gasteiger partial charge in [0.05, 0.1) is 27.4 Å². The second-order valence-corrected chi connectivity index (χ2v) is 13.3. The number of rotatable bonds is 5. The van der Waals surface area contributed by atoms with E-state index in [1.807, 2.05) is 6.92 Å². The average Bonchev–Trinajstić information content (AvgIpc) is 3.63. The van der Waals surface area contributed by atoms with Crippen LogP contribution in [0.4, 0.5) is 15.5 Å². The number of aryl methyl sites for hydroxylation is 1. The highest BCUT2D eigenvalue weighted by Gasteiger charge is 2.68. The molecule has 3 fully saturated rings. The number of anilines is 2. The van der Waals surface area contributed by atoms with Crippen molar-refractivity contribution in [1.82, 2.24) is 4.31 Å². The molecule has 0 bridgehead atoms. The summed E-state index contributed by atoms with van der Waals surface area (Å²) in [7, 11) is -4.06. The Labute approximate surface area is 235 Å². The fourth-order valence-electron chi connectivity index (χ4n) is 6.12. The Balaban J connectivity index is 1.36. The Bertz CT molecular complexity index is 1560. The van der Waals surface area contributed by atoms with Gasteiger partial charge in [-0.1, -0.05) is 35.9 Å². The number of para-hydroxylation sites is 1. The third-order valence-corrected chi connectivity index (χ3v) is 10.7. The molecule has 0 radical (unpaired) electrons. The predicted octanol–water partition coefficient (Wildman–Crippen LogP) is 3.23. The van der Waals surface area contributed by atoms with Crippen molar-refractivity contribution in [3.63, 3.8) is 0 Å². The van der Waals surface area contributed by atoms with Gasteiger partial charge in [0.1, 0.15) is 11.7 Å². The highest BCUT2D eigenvalue weighted by Crippen LogP contribution is 2.52. The van der Waals surface area contributed by atoms with E-state index in [1.54, 1.807) is 60.0 Å². The Morgan fingerprint density at radius 1 is 1.05 bits per heavy atom. The van der Waals surface area contributed by atoms with E-state index in [9.17, 15) is 27.9 Å². The smallest absolute Gasteiger partial charge is 0.412 e. The Hall–Kier alpha value is -3.58. The third kappa shape index (κ3) is 4.31. The van der Waals surface area contributed by atoms with Gasteiger partial charge in [-0.05, 0) is 55.1 Å². The Kier molecular flexibility index (Phi) is 6.53. The van der Waals surface area contributed by atoms with Gasteiger partial charge >= 0.3 is 6.09 Å². The molecule has 2 aliphatic heterocycles. The van der Waals surface area contributed by atoms with E-state index in [4.69, 9.17) is 4.74 Å². The summed E-state index contributed by atoms with van der Waals surface area (Å²) in [5.74, 6) is -3.80. The SMILES string of the molecule is Cc1ccc(S(=O)(=O)N2C[C@H]3[C@H]4C(=O)N(c5ccccc5)C(=O)[C@H]4C[C@H](OC(=O)Nc4cccs4)[C@@]3(O)C2)cc1. The van der Waals surface area contributed by atoms with E-state index in [1.165, 1.54) is 23.5 Å². The second kappa shape index (κ2) is 9.81. The molecule has 3 aliphatic rings. The van der Waals surface area contributed by atoms with Gasteiger partial charge in [0.25, 0.3) is 0 Å². The molecule has 1 aromatic heterocycles. The molecule has 3 heterocycles. The molecule has 0 spiro atoms. The monoisotopic (exact) mass is 581 g/mol. The summed E-state index contributed by atoms with van der Waals surface area (Å²) in [6, 6.07) is 18.2. The van der Waals surface area contributed by atoms with E-state index in [0.29, 0.717) is 10.7 Å². The van der Waals surface area contributed by atoms with Crippen LogP contribution in [-0.4, -0.2) is 60.5 Å². The van der Waals surface area contributed by atoms with Crippen LogP contribution in [0.3, 0.4) is 0 Å². The second-order valence-electron chi connectivity index (χ2n) is 10.4. The predicted molar refractivity (Wildman–Crippen MR) is 147 cm³/mol. The molecular weight excluding hydrogens is 554 g/mol. The van der Waals surface area contributed by atoms with Crippen molar-refractivity contribution in [3.05, 3.63) is 77.7 Å². The molecule has 3 aromatic rings. The molecule has 3 amide bonds. The van der Waals surface area contributed by atoms with Gasteiger partial charge in [0.15, 0.2) is 0 Å². The number of sulfonamides is 1. The minimum absolute atomic E-state index is 0.0459. The molecule has 208 valence electrons. The molecule has 1 saturated carbocycles. The molecule has 0 unspecified atom stereocenters. The van der Waals surface area contributed by atoms with Crippen LogP contribution in [0.15, 0.2) is 77.0 Å². The van der Waals surface area contributed by atoms with Crippen LogP contribution in [0.25, 0.3) is 0 Å². The molecule has 10 nitrogen and oxygen atoms in total. The topological polar surface area (TPSA) is 133 Å². The van der Waals surface area contributed by atoms with Crippen molar-refractivity contribution in [2.75, 3.05) is 23.3 Å². The van der Waals surface area contributed by atoms with E-state index in [2.05, 4.69) is 5.32 Å². The summed E-state index contributed by atoms with van der Waals surface area (Å²) in [6.45, 7) is 1.25. The number of β-amino-alcohol motifs (C(OH)–C–C–N with tert-alkyl or cyclic N) is 1. The number of imide groups is 1. The van der Waals surface area contributed by atoms with Gasteiger partial charge < -0.3 is 9.84 Å². The lowest BCUT2D eigenvalue weighted by Gasteiger charge is -2.44. The van der Waals surface area contributed by atoms with Crippen molar-refractivity contribution < 1.29 is 32.6 Å². The van der Waals surface area contributed by atoms with Crippen LogP contribution >= 0.6 is 11.3 Å². The lowest BCUT2D eigenvalue weighted by atomic mass is 9.65. The van der Waals surface area contributed by atoms with Crippen molar-refractivity contribution >= 4 is 50.0 Å². The maximum Gasteiger partial charge on any atom is 0.412 e. The summed E-state index contributed by atoms with van der Waals surface area (Å²) < 4.78 is 34.1. The van der Waals surface area contributed by atoms with Gasteiger partial charge in [0.2, 0.25) is 21.8 Å². The zero-order chi connectivity index (χ0) is 28.2. The van der Waals surface area contributed by atoms with Crippen molar-refractivity contribution in [3.8, 4) is 0 Å². The number of nitrogens with zero attached hydrogens (tertiary/aromatic N) is 2. The van der Waals surface area contributed by atoms with Crippen molar-refractivity contribution in [2.45, 2.75) is 29.9 Å². The summed E-state index contributed by atoms with van der Waals surface area (Å²) in [6.07, 6.45) is -2.19. The van der Waals surface area contributed by atoms with E-state index in [0.717, 1.165) is 14.8 Å². The number of thiophene rings is 1. The van der Waals surface area contributed by atoms with E-state index < -0.39 is 57.4 Å². The van der Waals surface area contributed by atoms with Gasteiger partial charge in [-0.2, -0.15) is 4.31 Å². The zero-order valence-electron chi connectivity index (χ0n) is 21.5. The fraction of sp³-hybridized carbons (Fsp3) is 0.321. The number of fused-ring (bicyclic) bond motifs is 3. The lowest BCUT2D eigenvalue weighted by Crippen LogP contribution is -2.59. The van der Waals surface area contributed by atoms with Crippen LogP contribution in [0, 0.1) is 24.7 Å². The molecular formula is C28H27N3O7S2. The van der Waals surface area contributed by atoms with Gasteiger partial charge in [-0.15, -0.1) is 11.3 Å². The number of benzene rings is 2. The molecule has 6 rings (SSSR count). The van der Waals surface area contributed by atoms with E-state index in [-0.39, 0.29) is 24.4 Å². The number of nitrogens with one attached hydrogen (secondary N) is 1. The minimum Gasteiger partial charge on any atom is -0.443 e. The van der Waals surface area contributed by atoms with Crippen LogP contribution in [-0.2, 0) is 24.3 Å². The van der Waals surface area contributed by atoms with Crippen LogP contribution in [0.5, 0.6) is 0 Å². The minimum atomic E-state index is -4.06. The normalized spacial score (nSPS) is 28.3. The molecule has 1 aliphatic carbocycles. The Morgan fingerprint density at radius 3 is 2.45 bits per heavy atom. The number of hydrogen-bond acceptors (Lipinski definition) is 8. The number of aliphatic hydroxyl groups is 1. The number of amides is 3. The molecule has 5 atom stereocenters. The first-order valence-electron chi connectivity index (χ1n) is 12.8. The van der Waals surface area contributed by atoms with Gasteiger partial charge in [-0.3, -0.25) is 19.8 Å². The molecule has 12 heteroatoms. The van der Waals surface area contributed by atoms with Crippen LogP contribution in [0.2, 0.25) is 0 Å². The van der Waals surface area contributed by atoms with Gasteiger partial charge in [-0.25, -0.2) is 13.2 Å². The molecule has 2 aromatic carbocycles. The maximum atomic E-state index is 13.7. The van der Waals surface area contributed by atoms with Gasteiger partial charge in [0, 0.05) is 19.0 Å². The van der Waals surface area contributed by atoms with Crippen molar-refractivity contribution in [2.24, 2.45) is 17.8 Å². The number of carbonyl (C=O) groups is 3. The number of ether oxygens (including phenoxy) is 1. The largest absolute Gasteiger partial charge is 0.443 e. The lowest BCUT2D eigenvalue weighted by molar-refractivity contribution is -0.155. The number of hydrogen-bond donors (Lipinski definition) is 2. The highest BCUT2D eigenvalue weighted by molar-refractivity contribution is 7.89. The maximum absolute atomic E-state index is 13.7. The zero-order valence-corrected chi connectivity index (χ0v) is 23.1. The molecule has 2 saturated heterocycles. The first-order chi connectivity index (χ1) is 19.1. The van der Waals surface area contributed by atoms with Crippen LogP contribution in [0.1, 0.15) is 12.0 Å². The summed E-state index contributed by atoms with van der Waals surface area (Å²) in [5, 5.41) is 17.0. The quantitative estimate of drug-likeness (QED) is 0.442. The average molecular weight is 582 g/mol. The summed E-state index contributed by atoms with van der Waals surface area (Å²) in [4.78, 5) is 41.3. The fourth-order valence-corrected chi connectivity index (χ4v) is 8.24. The molecule has 40 heavy (non-hydrogen) atoms. The first-order valence-corrected chi connectivity index (χ1v) is 15.1. The molecule has 2 N–H and O–H groups in total. The van der Waals surface area contributed by atoms with Crippen LogP contribution < -0.4 is 10.2 Å². The summed E-state index contributed by atoms with van der Waals surface area (Å²) in [5.41, 5.74) is -0.615.